The molecule has 1 aromatic heterocycles. The Morgan fingerprint density at radius 3 is 2.39 bits per heavy atom. The summed E-state index contributed by atoms with van der Waals surface area (Å²) < 4.78 is 5.95. The standard InChI is InChI=1S/C14H23N3O/c1-5-17-14(12-6-15-8-16-7-12)13-9(2)10(3)18-11(13)4/h6-11,13-14,17H,5H2,1-4H3. The quantitative estimate of drug-likeness (QED) is 0.888. The van der Waals surface area contributed by atoms with E-state index in [-0.39, 0.29) is 12.1 Å². The largest absolute Gasteiger partial charge is 0.375 e. The molecule has 4 nitrogen and oxygen atoms in total. The van der Waals surface area contributed by atoms with Crippen molar-refractivity contribution in [1.82, 2.24) is 15.3 Å². The van der Waals surface area contributed by atoms with Gasteiger partial charge in [0.2, 0.25) is 0 Å². The Hall–Kier alpha value is -1.00. The van der Waals surface area contributed by atoms with Crippen LogP contribution in [0.5, 0.6) is 0 Å². The van der Waals surface area contributed by atoms with Crippen LogP contribution in [0.15, 0.2) is 18.7 Å². The van der Waals surface area contributed by atoms with Gasteiger partial charge in [-0.25, -0.2) is 9.97 Å². The summed E-state index contributed by atoms with van der Waals surface area (Å²) in [4.78, 5) is 8.27. The molecular formula is C14H23N3O. The second kappa shape index (κ2) is 5.76. The van der Waals surface area contributed by atoms with Crippen molar-refractivity contribution in [3.63, 3.8) is 0 Å². The molecule has 1 N–H and O–H groups in total. The number of aromatic nitrogens is 2. The third kappa shape index (κ3) is 2.54. The zero-order chi connectivity index (χ0) is 13.1. The van der Waals surface area contributed by atoms with Crippen molar-refractivity contribution in [3.8, 4) is 0 Å². The van der Waals surface area contributed by atoms with Crippen LogP contribution in [-0.2, 0) is 4.74 Å². The van der Waals surface area contributed by atoms with Crippen molar-refractivity contribution >= 4 is 0 Å². The molecular weight excluding hydrogens is 226 g/mol. The van der Waals surface area contributed by atoms with Gasteiger partial charge in [-0.3, -0.25) is 0 Å². The normalized spacial score (nSPS) is 33.6. The lowest BCUT2D eigenvalue weighted by atomic mass is 9.81. The van der Waals surface area contributed by atoms with E-state index in [1.165, 1.54) is 0 Å². The molecule has 0 spiro atoms. The van der Waals surface area contributed by atoms with Crippen LogP contribution in [0.1, 0.15) is 39.3 Å². The highest BCUT2D eigenvalue weighted by Crippen LogP contribution is 2.40. The van der Waals surface area contributed by atoms with Gasteiger partial charge >= 0.3 is 0 Å². The highest BCUT2D eigenvalue weighted by atomic mass is 16.5. The summed E-state index contributed by atoms with van der Waals surface area (Å²) in [6.07, 6.45) is 5.97. The number of hydrogen-bond donors (Lipinski definition) is 1. The highest BCUT2D eigenvalue weighted by molar-refractivity contribution is 5.13. The third-order valence-electron chi connectivity index (χ3n) is 4.07. The van der Waals surface area contributed by atoms with Gasteiger partial charge < -0.3 is 10.1 Å². The molecule has 18 heavy (non-hydrogen) atoms. The van der Waals surface area contributed by atoms with Gasteiger partial charge in [-0.05, 0) is 26.3 Å². The third-order valence-corrected chi connectivity index (χ3v) is 4.07. The Morgan fingerprint density at radius 1 is 1.22 bits per heavy atom. The maximum atomic E-state index is 5.95. The number of nitrogens with one attached hydrogen (secondary N) is 1. The fraction of sp³-hybridized carbons (Fsp3) is 0.714. The van der Waals surface area contributed by atoms with Crippen molar-refractivity contribution in [3.05, 3.63) is 24.3 Å². The second-order valence-electron chi connectivity index (χ2n) is 5.19. The fourth-order valence-corrected chi connectivity index (χ4v) is 3.04. The van der Waals surface area contributed by atoms with E-state index in [0.717, 1.165) is 12.1 Å². The number of hydrogen-bond acceptors (Lipinski definition) is 4. The molecule has 0 radical (unpaired) electrons. The van der Waals surface area contributed by atoms with E-state index in [4.69, 9.17) is 4.74 Å². The Labute approximate surface area is 109 Å². The molecule has 2 rings (SSSR count). The maximum absolute atomic E-state index is 5.95. The van der Waals surface area contributed by atoms with E-state index in [1.807, 2.05) is 12.4 Å². The van der Waals surface area contributed by atoms with Crippen LogP contribution in [0.25, 0.3) is 0 Å². The molecule has 1 aliphatic rings. The molecule has 1 aliphatic heterocycles. The fourth-order valence-electron chi connectivity index (χ4n) is 3.04. The van der Waals surface area contributed by atoms with Crippen LogP contribution in [-0.4, -0.2) is 28.7 Å². The maximum Gasteiger partial charge on any atom is 0.115 e. The van der Waals surface area contributed by atoms with Crippen molar-refractivity contribution in [2.45, 2.75) is 45.9 Å². The molecule has 5 unspecified atom stereocenters. The first-order chi connectivity index (χ1) is 8.65. The molecule has 100 valence electrons. The van der Waals surface area contributed by atoms with Crippen LogP contribution >= 0.6 is 0 Å². The van der Waals surface area contributed by atoms with Crippen molar-refractivity contribution < 1.29 is 4.74 Å². The summed E-state index contributed by atoms with van der Waals surface area (Å²) in [6.45, 7) is 9.66. The number of nitrogens with zero attached hydrogens (tertiary/aromatic N) is 2. The lowest BCUT2D eigenvalue weighted by Gasteiger charge is -2.29. The Kier molecular flexibility index (Phi) is 4.30. The lowest BCUT2D eigenvalue weighted by molar-refractivity contribution is 0.0475. The molecule has 0 amide bonds. The van der Waals surface area contributed by atoms with Gasteiger partial charge in [-0.15, -0.1) is 0 Å². The van der Waals surface area contributed by atoms with Gasteiger partial charge in [0.05, 0.1) is 12.2 Å². The van der Waals surface area contributed by atoms with Crippen LogP contribution in [0, 0.1) is 11.8 Å². The zero-order valence-corrected chi connectivity index (χ0v) is 11.6. The Bertz CT molecular complexity index is 371. The smallest absolute Gasteiger partial charge is 0.115 e. The minimum atomic E-state index is 0.263. The van der Waals surface area contributed by atoms with Gasteiger partial charge in [0, 0.05) is 29.9 Å². The molecule has 0 saturated carbocycles. The predicted molar refractivity (Wildman–Crippen MR) is 71.1 cm³/mol. The first-order valence-electron chi connectivity index (χ1n) is 6.78. The summed E-state index contributed by atoms with van der Waals surface area (Å²) in [6, 6.07) is 0.270. The van der Waals surface area contributed by atoms with E-state index in [1.54, 1.807) is 6.33 Å². The summed E-state index contributed by atoms with van der Waals surface area (Å²) in [5.41, 5.74) is 1.15. The molecule has 1 saturated heterocycles. The van der Waals surface area contributed by atoms with Crippen molar-refractivity contribution in [2.24, 2.45) is 11.8 Å². The van der Waals surface area contributed by atoms with Crippen molar-refractivity contribution in [2.75, 3.05) is 6.54 Å². The second-order valence-corrected chi connectivity index (χ2v) is 5.19. The average Bonchev–Trinajstić information content (AvgIpc) is 2.62. The van der Waals surface area contributed by atoms with Gasteiger partial charge in [0.1, 0.15) is 6.33 Å². The van der Waals surface area contributed by atoms with Crippen LogP contribution in [0.3, 0.4) is 0 Å². The molecule has 5 atom stereocenters. The summed E-state index contributed by atoms with van der Waals surface area (Å²) >= 11 is 0. The Balaban J connectivity index is 2.25. The summed E-state index contributed by atoms with van der Waals surface area (Å²) in [7, 11) is 0. The minimum absolute atomic E-state index is 0.263. The molecule has 1 aromatic rings. The van der Waals surface area contributed by atoms with Crippen LogP contribution < -0.4 is 5.32 Å². The van der Waals surface area contributed by atoms with Crippen LogP contribution in [0.2, 0.25) is 0 Å². The molecule has 2 heterocycles. The van der Waals surface area contributed by atoms with E-state index in [2.05, 4.69) is 43.0 Å². The van der Waals surface area contributed by atoms with Gasteiger partial charge in [-0.2, -0.15) is 0 Å². The SMILES string of the molecule is CCNC(c1cncnc1)C1C(C)OC(C)C1C. The minimum Gasteiger partial charge on any atom is -0.375 e. The number of rotatable bonds is 4. The lowest BCUT2D eigenvalue weighted by Crippen LogP contribution is -2.35. The Morgan fingerprint density at radius 2 is 1.89 bits per heavy atom. The van der Waals surface area contributed by atoms with E-state index < -0.39 is 0 Å². The summed E-state index contributed by atoms with van der Waals surface area (Å²) in [5, 5.41) is 3.56. The number of ether oxygens (including phenoxy) is 1. The first-order valence-corrected chi connectivity index (χ1v) is 6.78. The topological polar surface area (TPSA) is 47.0 Å². The van der Waals surface area contributed by atoms with Gasteiger partial charge in [-0.1, -0.05) is 13.8 Å². The van der Waals surface area contributed by atoms with E-state index in [0.29, 0.717) is 17.9 Å². The van der Waals surface area contributed by atoms with Gasteiger partial charge in [0.15, 0.2) is 0 Å². The molecule has 0 bridgehead atoms. The molecule has 1 fully saturated rings. The van der Waals surface area contributed by atoms with Crippen molar-refractivity contribution in [1.29, 1.82) is 0 Å². The first kappa shape index (κ1) is 13.4. The van der Waals surface area contributed by atoms with Crippen LogP contribution in [0.4, 0.5) is 0 Å². The molecule has 0 aliphatic carbocycles. The molecule has 0 aromatic carbocycles. The van der Waals surface area contributed by atoms with E-state index >= 15 is 0 Å². The summed E-state index contributed by atoms with van der Waals surface area (Å²) in [5.74, 6) is 0.996. The average molecular weight is 249 g/mol. The zero-order valence-electron chi connectivity index (χ0n) is 11.6. The van der Waals surface area contributed by atoms with E-state index in [9.17, 15) is 0 Å². The monoisotopic (exact) mass is 249 g/mol. The van der Waals surface area contributed by atoms with Gasteiger partial charge in [0.25, 0.3) is 0 Å². The highest BCUT2D eigenvalue weighted by Gasteiger charge is 2.42. The molecule has 4 heteroatoms. The predicted octanol–water partition coefficient (Wildman–Crippen LogP) is 2.19.